The SMILES string of the molecule is O=C(Nc1ccc(F)c(F)c1)c1ccc(Cl)c(S(=O)(=O)[C@@H]2C[C@H]3CC[C@@H](C2)[C@@]3(O)C(O)c2cc(F)ccn2)c1. The van der Waals surface area contributed by atoms with Gasteiger partial charge in [-0.1, -0.05) is 11.6 Å². The molecule has 1 aromatic heterocycles. The topological polar surface area (TPSA) is 117 Å². The van der Waals surface area contributed by atoms with E-state index in [9.17, 15) is 36.6 Å². The number of anilines is 1. The number of aliphatic hydroxyl groups is 2. The van der Waals surface area contributed by atoms with Crippen LogP contribution in [-0.4, -0.2) is 40.4 Å². The number of hydrogen-bond donors (Lipinski definition) is 3. The molecule has 2 aliphatic carbocycles. The molecule has 206 valence electrons. The van der Waals surface area contributed by atoms with E-state index in [1.165, 1.54) is 18.3 Å². The zero-order valence-corrected chi connectivity index (χ0v) is 21.9. The molecule has 0 saturated heterocycles. The van der Waals surface area contributed by atoms with Crippen molar-refractivity contribution >= 4 is 33.0 Å². The minimum absolute atomic E-state index is 0.0172. The molecule has 2 fully saturated rings. The van der Waals surface area contributed by atoms with E-state index in [2.05, 4.69) is 10.3 Å². The summed E-state index contributed by atoms with van der Waals surface area (Å²) in [4.78, 5) is 16.5. The molecule has 2 aliphatic rings. The van der Waals surface area contributed by atoms with Crippen LogP contribution in [0.4, 0.5) is 18.9 Å². The highest BCUT2D eigenvalue weighted by Gasteiger charge is 2.59. The van der Waals surface area contributed by atoms with Crippen LogP contribution in [0.25, 0.3) is 0 Å². The Labute approximate surface area is 227 Å². The van der Waals surface area contributed by atoms with E-state index in [-0.39, 0.29) is 39.7 Å². The molecule has 0 radical (unpaired) electrons. The van der Waals surface area contributed by atoms with E-state index in [1.54, 1.807) is 0 Å². The molecule has 0 aliphatic heterocycles. The van der Waals surface area contributed by atoms with E-state index in [0.717, 1.165) is 36.4 Å². The van der Waals surface area contributed by atoms with Gasteiger partial charge in [0.25, 0.3) is 5.91 Å². The Balaban J connectivity index is 1.39. The number of pyridine rings is 1. The van der Waals surface area contributed by atoms with Crippen LogP contribution < -0.4 is 5.32 Å². The number of rotatable bonds is 6. The molecule has 0 spiro atoms. The Bertz CT molecular complexity index is 1540. The van der Waals surface area contributed by atoms with Crippen molar-refractivity contribution in [2.45, 2.75) is 47.5 Å². The fraction of sp³-hybridized carbons (Fsp3) is 0.333. The fourth-order valence-electron chi connectivity index (χ4n) is 5.87. The van der Waals surface area contributed by atoms with Gasteiger partial charge in [-0.15, -0.1) is 0 Å². The maximum Gasteiger partial charge on any atom is 0.255 e. The van der Waals surface area contributed by atoms with E-state index in [4.69, 9.17) is 11.6 Å². The zero-order valence-electron chi connectivity index (χ0n) is 20.3. The molecule has 1 amide bonds. The van der Waals surface area contributed by atoms with Crippen molar-refractivity contribution in [3.63, 3.8) is 0 Å². The van der Waals surface area contributed by atoms with Gasteiger partial charge in [0, 0.05) is 23.5 Å². The number of sulfone groups is 1. The maximum atomic E-state index is 13.7. The van der Waals surface area contributed by atoms with Gasteiger partial charge in [-0.3, -0.25) is 9.78 Å². The molecule has 1 unspecified atom stereocenters. The summed E-state index contributed by atoms with van der Waals surface area (Å²) in [6.45, 7) is 0. The molecular formula is C27H24ClF3N2O5S. The van der Waals surface area contributed by atoms with E-state index in [0.29, 0.717) is 12.8 Å². The van der Waals surface area contributed by atoms with Crippen LogP contribution in [0.5, 0.6) is 0 Å². The first-order valence-corrected chi connectivity index (χ1v) is 14.2. The molecule has 3 N–H and O–H groups in total. The number of nitrogens with zero attached hydrogens (tertiary/aromatic N) is 1. The third kappa shape index (κ3) is 4.93. The Morgan fingerprint density at radius 1 is 1.03 bits per heavy atom. The highest BCUT2D eigenvalue weighted by molar-refractivity contribution is 7.92. The second-order valence-electron chi connectivity index (χ2n) is 10.0. The van der Waals surface area contributed by atoms with Crippen molar-refractivity contribution < 1.29 is 36.6 Å². The number of fused-ring (bicyclic) bond motifs is 2. The largest absolute Gasteiger partial charge is 0.386 e. The van der Waals surface area contributed by atoms with Crippen LogP contribution in [0, 0.1) is 29.3 Å². The van der Waals surface area contributed by atoms with Gasteiger partial charge in [-0.2, -0.15) is 0 Å². The Morgan fingerprint density at radius 3 is 2.36 bits per heavy atom. The van der Waals surface area contributed by atoms with Gasteiger partial charge in [0.05, 0.1) is 20.9 Å². The van der Waals surface area contributed by atoms with Crippen molar-refractivity contribution in [1.29, 1.82) is 0 Å². The fourth-order valence-corrected chi connectivity index (χ4v) is 8.27. The number of carbonyl (C=O) groups excluding carboxylic acids is 1. The minimum Gasteiger partial charge on any atom is -0.386 e. The van der Waals surface area contributed by atoms with Crippen molar-refractivity contribution in [3.8, 4) is 0 Å². The summed E-state index contributed by atoms with van der Waals surface area (Å²) in [5.41, 5.74) is -1.79. The highest BCUT2D eigenvalue weighted by Crippen LogP contribution is 2.56. The first kappa shape index (κ1) is 27.6. The molecule has 1 heterocycles. The number of carbonyl (C=O) groups is 1. The van der Waals surface area contributed by atoms with Crippen LogP contribution >= 0.6 is 11.6 Å². The molecule has 7 nitrogen and oxygen atoms in total. The molecule has 39 heavy (non-hydrogen) atoms. The monoisotopic (exact) mass is 580 g/mol. The predicted octanol–water partition coefficient (Wildman–Crippen LogP) is 4.83. The number of hydrogen-bond acceptors (Lipinski definition) is 6. The van der Waals surface area contributed by atoms with Crippen LogP contribution in [-0.2, 0) is 9.84 Å². The summed E-state index contributed by atoms with van der Waals surface area (Å²) < 4.78 is 67.9. The summed E-state index contributed by atoms with van der Waals surface area (Å²) in [7, 11) is -4.10. The summed E-state index contributed by atoms with van der Waals surface area (Å²) in [5.74, 6) is -4.81. The number of amides is 1. The van der Waals surface area contributed by atoms with Gasteiger partial charge in [-0.25, -0.2) is 21.6 Å². The molecule has 2 aromatic carbocycles. The number of benzene rings is 2. The molecule has 5 rings (SSSR count). The third-order valence-corrected chi connectivity index (χ3v) is 10.5. The van der Waals surface area contributed by atoms with Gasteiger partial charge in [0.1, 0.15) is 17.5 Å². The quantitative estimate of drug-likeness (QED) is 0.384. The Kier molecular flexibility index (Phi) is 7.21. The summed E-state index contributed by atoms with van der Waals surface area (Å²) >= 11 is 6.26. The molecular weight excluding hydrogens is 557 g/mol. The van der Waals surface area contributed by atoms with Crippen molar-refractivity contribution in [3.05, 3.63) is 88.5 Å². The van der Waals surface area contributed by atoms with Gasteiger partial charge >= 0.3 is 0 Å². The molecule has 2 saturated carbocycles. The lowest BCUT2D eigenvalue weighted by Gasteiger charge is -2.45. The van der Waals surface area contributed by atoms with Crippen molar-refractivity contribution in [2.24, 2.45) is 11.8 Å². The van der Waals surface area contributed by atoms with Gasteiger partial charge in [0.15, 0.2) is 21.5 Å². The average molecular weight is 581 g/mol. The Hall–Kier alpha value is -2.99. The number of aromatic nitrogens is 1. The number of halogens is 4. The zero-order chi connectivity index (χ0) is 28.1. The van der Waals surface area contributed by atoms with Crippen LogP contribution in [0.3, 0.4) is 0 Å². The molecule has 2 bridgehead atoms. The van der Waals surface area contributed by atoms with E-state index >= 15 is 0 Å². The summed E-state index contributed by atoms with van der Waals surface area (Å²) in [6, 6.07) is 8.67. The van der Waals surface area contributed by atoms with Crippen LogP contribution in [0.15, 0.2) is 59.6 Å². The standard InChI is InChI=1S/C27H24ClF3N2O5S/c28-20-5-1-14(26(35)33-18-4-6-21(30)22(31)13-18)9-24(20)39(37,38)19-10-15-2-3-16(11-19)27(15,36)25(34)23-12-17(29)7-8-32-23/h1,4-9,12-13,15-16,19,25,34,36H,2-3,10-11H2,(H,33,35)/t15-,16+,19-,25?,27-. The Morgan fingerprint density at radius 2 is 1.72 bits per heavy atom. The second-order valence-corrected chi connectivity index (χ2v) is 12.6. The molecule has 5 atom stereocenters. The van der Waals surface area contributed by atoms with Crippen molar-refractivity contribution in [1.82, 2.24) is 4.98 Å². The van der Waals surface area contributed by atoms with E-state index in [1.807, 2.05) is 0 Å². The smallest absolute Gasteiger partial charge is 0.255 e. The van der Waals surface area contributed by atoms with E-state index < -0.39 is 62.0 Å². The first-order chi connectivity index (χ1) is 18.4. The number of aliphatic hydroxyl groups excluding tert-OH is 1. The van der Waals surface area contributed by atoms with Gasteiger partial charge in [0.2, 0.25) is 0 Å². The molecule has 3 aromatic rings. The predicted molar refractivity (Wildman–Crippen MR) is 136 cm³/mol. The second kappa shape index (κ2) is 10.2. The van der Waals surface area contributed by atoms with Gasteiger partial charge in [-0.05, 0) is 80.0 Å². The normalized spacial score (nSPS) is 25.3. The molecule has 12 heteroatoms. The maximum absolute atomic E-state index is 13.7. The average Bonchev–Trinajstić information content (AvgIpc) is 3.05. The highest BCUT2D eigenvalue weighted by atomic mass is 35.5. The first-order valence-electron chi connectivity index (χ1n) is 12.2. The minimum atomic E-state index is -4.10. The lowest BCUT2D eigenvalue weighted by Crippen LogP contribution is -2.52. The summed E-state index contributed by atoms with van der Waals surface area (Å²) in [6.07, 6.45) is 0.648. The van der Waals surface area contributed by atoms with Crippen LogP contribution in [0.2, 0.25) is 5.02 Å². The van der Waals surface area contributed by atoms with Crippen molar-refractivity contribution in [2.75, 3.05) is 5.32 Å². The van der Waals surface area contributed by atoms with Gasteiger partial charge < -0.3 is 15.5 Å². The lowest BCUT2D eigenvalue weighted by molar-refractivity contribution is -0.146. The lowest BCUT2D eigenvalue weighted by atomic mass is 9.70. The number of nitrogens with one attached hydrogen (secondary N) is 1. The summed E-state index contributed by atoms with van der Waals surface area (Å²) in [5, 5.41) is 23.9. The third-order valence-electron chi connectivity index (χ3n) is 7.84. The van der Waals surface area contributed by atoms with Crippen LogP contribution in [0.1, 0.15) is 47.8 Å².